The van der Waals surface area contributed by atoms with Gasteiger partial charge < -0.3 is 10.4 Å². The van der Waals surface area contributed by atoms with Crippen molar-refractivity contribution in [3.8, 4) is 5.75 Å². The fourth-order valence-corrected chi connectivity index (χ4v) is 2.14. The van der Waals surface area contributed by atoms with Gasteiger partial charge >= 0.3 is 0 Å². The van der Waals surface area contributed by atoms with Gasteiger partial charge in [-0.05, 0) is 59.0 Å². The molecular formula is C13H9ClINO2. The van der Waals surface area contributed by atoms with Gasteiger partial charge in [0, 0.05) is 14.8 Å². The van der Waals surface area contributed by atoms with Gasteiger partial charge in [-0.3, -0.25) is 4.79 Å². The molecular weight excluding hydrogens is 365 g/mol. The molecule has 2 aromatic rings. The average Bonchev–Trinajstić information content (AvgIpc) is 2.34. The van der Waals surface area contributed by atoms with Crippen LogP contribution in [0.4, 0.5) is 5.69 Å². The van der Waals surface area contributed by atoms with Crippen LogP contribution < -0.4 is 5.32 Å². The minimum absolute atomic E-state index is 0.0103. The summed E-state index contributed by atoms with van der Waals surface area (Å²) in [7, 11) is 0. The Morgan fingerprint density at radius 3 is 2.67 bits per heavy atom. The molecule has 0 saturated heterocycles. The molecule has 0 aliphatic carbocycles. The van der Waals surface area contributed by atoms with E-state index in [1.165, 1.54) is 12.1 Å². The van der Waals surface area contributed by atoms with Gasteiger partial charge in [-0.25, -0.2) is 0 Å². The lowest BCUT2D eigenvalue weighted by Gasteiger charge is -2.06. The van der Waals surface area contributed by atoms with Gasteiger partial charge in [0.1, 0.15) is 5.75 Å². The molecule has 0 aliphatic rings. The largest absolute Gasteiger partial charge is 0.506 e. The zero-order valence-electron chi connectivity index (χ0n) is 9.15. The van der Waals surface area contributed by atoms with E-state index in [9.17, 15) is 9.90 Å². The summed E-state index contributed by atoms with van der Waals surface area (Å²) in [6.07, 6.45) is 0. The number of hydrogen-bond acceptors (Lipinski definition) is 2. The third kappa shape index (κ3) is 3.14. The van der Waals surface area contributed by atoms with Crippen molar-refractivity contribution < 1.29 is 9.90 Å². The Hall–Kier alpha value is -1.27. The van der Waals surface area contributed by atoms with Crippen molar-refractivity contribution in [1.82, 2.24) is 0 Å². The Balaban J connectivity index is 2.18. The van der Waals surface area contributed by atoms with Crippen LogP contribution in [0.2, 0.25) is 5.02 Å². The molecule has 0 spiro atoms. The lowest BCUT2D eigenvalue weighted by Crippen LogP contribution is -2.11. The van der Waals surface area contributed by atoms with E-state index in [1.807, 2.05) is 12.1 Å². The quantitative estimate of drug-likeness (QED) is 0.619. The van der Waals surface area contributed by atoms with Gasteiger partial charge in [0.25, 0.3) is 5.91 Å². The van der Waals surface area contributed by atoms with Crippen molar-refractivity contribution in [2.75, 3.05) is 5.32 Å². The van der Waals surface area contributed by atoms with Crippen LogP contribution in [-0.2, 0) is 0 Å². The van der Waals surface area contributed by atoms with Gasteiger partial charge in [0.15, 0.2) is 0 Å². The van der Waals surface area contributed by atoms with E-state index in [0.29, 0.717) is 11.3 Å². The van der Waals surface area contributed by atoms with E-state index >= 15 is 0 Å². The first-order valence-electron chi connectivity index (χ1n) is 5.12. The van der Waals surface area contributed by atoms with Gasteiger partial charge in [-0.15, -0.1) is 0 Å². The maximum Gasteiger partial charge on any atom is 0.255 e. The van der Waals surface area contributed by atoms with E-state index in [4.69, 9.17) is 11.6 Å². The molecule has 0 fully saturated rings. The minimum atomic E-state index is -0.213. The summed E-state index contributed by atoms with van der Waals surface area (Å²) in [5.41, 5.74) is 1.12. The maximum atomic E-state index is 11.9. The summed E-state index contributed by atoms with van der Waals surface area (Å²) < 4.78 is 0.990. The fourth-order valence-electron chi connectivity index (χ4n) is 1.42. The third-order valence-corrected chi connectivity index (χ3v) is 3.27. The summed E-state index contributed by atoms with van der Waals surface area (Å²) >= 11 is 7.91. The van der Waals surface area contributed by atoms with E-state index in [0.717, 1.165) is 3.57 Å². The van der Waals surface area contributed by atoms with Crippen molar-refractivity contribution in [1.29, 1.82) is 0 Å². The zero-order chi connectivity index (χ0) is 13.1. The topological polar surface area (TPSA) is 49.3 Å². The van der Waals surface area contributed by atoms with Crippen LogP contribution in [-0.4, -0.2) is 11.0 Å². The van der Waals surface area contributed by atoms with E-state index in [-0.39, 0.29) is 16.7 Å². The molecule has 2 N–H and O–H groups in total. The molecule has 0 heterocycles. The maximum absolute atomic E-state index is 11.9. The molecule has 0 bridgehead atoms. The summed E-state index contributed by atoms with van der Waals surface area (Å²) in [4.78, 5) is 11.9. The molecule has 5 heteroatoms. The molecule has 92 valence electrons. The van der Waals surface area contributed by atoms with Crippen LogP contribution in [0.5, 0.6) is 5.75 Å². The normalized spacial score (nSPS) is 10.1. The molecule has 0 saturated carbocycles. The number of phenolic OH excluding ortho intramolecular Hbond substituents is 1. The second-order valence-corrected chi connectivity index (χ2v) is 5.28. The summed E-state index contributed by atoms with van der Waals surface area (Å²) in [6.45, 7) is 0. The van der Waals surface area contributed by atoms with E-state index in [1.54, 1.807) is 18.2 Å². The smallest absolute Gasteiger partial charge is 0.255 e. The first-order valence-corrected chi connectivity index (χ1v) is 6.57. The average molecular weight is 374 g/mol. The van der Waals surface area contributed by atoms with Crippen LogP contribution in [0.3, 0.4) is 0 Å². The number of nitrogens with one attached hydrogen (secondary N) is 1. The van der Waals surface area contributed by atoms with Gasteiger partial charge in [0.05, 0.1) is 5.02 Å². The highest BCUT2D eigenvalue weighted by Crippen LogP contribution is 2.26. The number of phenols is 1. The summed E-state index contributed by atoms with van der Waals surface area (Å²) in [6, 6.07) is 11.8. The number of hydrogen-bond donors (Lipinski definition) is 2. The number of benzene rings is 2. The second-order valence-electron chi connectivity index (χ2n) is 3.63. The monoisotopic (exact) mass is 373 g/mol. The predicted octanol–water partition coefficient (Wildman–Crippen LogP) is 3.90. The van der Waals surface area contributed by atoms with Crippen molar-refractivity contribution >= 4 is 45.8 Å². The van der Waals surface area contributed by atoms with Crippen molar-refractivity contribution in [3.05, 3.63) is 56.6 Å². The Morgan fingerprint density at radius 1 is 1.22 bits per heavy atom. The number of carbonyl (C=O) groups is 1. The number of aromatic hydroxyl groups is 1. The van der Waals surface area contributed by atoms with Gasteiger partial charge in [-0.1, -0.05) is 17.7 Å². The molecule has 2 aromatic carbocycles. The van der Waals surface area contributed by atoms with E-state index in [2.05, 4.69) is 27.9 Å². The van der Waals surface area contributed by atoms with Crippen LogP contribution in [0.25, 0.3) is 0 Å². The molecule has 0 radical (unpaired) electrons. The minimum Gasteiger partial charge on any atom is -0.506 e. The number of rotatable bonds is 2. The lowest BCUT2D eigenvalue weighted by molar-refractivity contribution is 0.102. The molecule has 0 aliphatic heterocycles. The second kappa shape index (κ2) is 5.58. The van der Waals surface area contributed by atoms with Crippen LogP contribution >= 0.6 is 34.2 Å². The highest BCUT2D eigenvalue weighted by atomic mass is 127. The van der Waals surface area contributed by atoms with Gasteiger partial charge in [-0.2, -0.15) is 0 Å². The molecule has 0 unspecified atom stereocenters. The van der Waals surface area contributed by atoms with Gasteiger partial charge in [0.2, 0.25) is 0 Å². The van der Waals surface area contributed by atoms with E-state index < -0.39 is 0 Å². The number of carbonyl (C=O) groups excluding carboxylic acids is 1. The Kier molecular flexibility index (Phi) is 4.08. The Labute approximate surface area is 123 Å². The third-order valence-electron chi connectivity index (χ3n) is 2.29. The first-order chi connectivity index (χ1) is 8.56. The SMILES string of the molecule is O=C(Nc1ccc(O)c(Cl)c1)c1cccc(I)c1. The molecule has 3 nitrogen and oxygen atoms in total. The summed E-state index contributed by atoms with van der Waals surface area (Å²) in [5, 5.41) is 12.2. The molecule has 0 atom stereocenters. The first kappa shape index (κ1) is 13.2. The predicted molar refractivity (Wildman–Crippen MR) is 80.2 cm³/mol. The van der Waals surface area contributed by atoms with Crippen molar-refractivity contribution in [2.45, 2.75) is 0 Å². The standard InChI is InChI=1S/C13H9ClINO2/c14-11-7-10(4-5-12(11)17)16-13(18)8-2-1-3-9(15)6-8/h1-7,17H,(H,16,18). The van der Waals surface area contributed by atoms with Crippen LogP contribution in [0.15, 0.2) is 42.5 Å². The molecule has 1 amide bonds. The molecule has 2 rings (SSSR count). The molecule has 0 aromatic heterocycles. The summed E-state index contributed by atoms with van der Waals surface area (Å²) in [5.74, 6) is -0.223. The Bertz CT molecular complexity index is 601. The van der Waals surface area contributed by atoms with Crippen LogP contribution in [0.1, 0.15) is 10.4 Å². The van der Waals surface area contributed by atoms with Crippen molar-refractivity contribution in [2.24, 2.45) is 0 Å². The Morgan fingerprint density at radius 2 is 2.00 bits per heavy atom. The number of halogens is 2. The lowest BCUT2D eigenvalue weighted by atomic mass is 10.2. The van der Waals surface area contributed by atoms with Crippen molar-refractivity contribution in [3.63, 3.8) is 0 Å². The molecule has 18 heavy (non-hydrogen) atoms. The number of amides is 1. The highest BCUT2D eigenvalue weighted by Gasteiger charge is 2.07. The fraction of sp³-hybridized carbons (Fsp3) is 0. The highest BCUT2D eigenvalue weighted by molar-refractivity contribution is 14.1. The zero-order valence-corrected chi connectivity index (χ0v) is 12.1. The van der Waals surface area contributed by atoms with Crippen LogP contribution in [0, 0.1) is 3.57 Å². The number of anilines is 1.